The Labute approximate surface area is 201 Å². The van der Waals surface area contributed by atoms with E-state index in [1.165, 1.54) is 11.6 Å². The van der Waals surface area contributed by atoms with Crippen molar-refractivity contribution in [3.63, 3.8) is 0 Å². The maximum atomic E-state index is 12.0. The maximum absolute atomic E-state index is 12.0. The average Bonchev–Trinajstić information content (AvgIpc) is 3.27. The molecule has 7 heteroatoms. The van der Waals surface area contributed by atoms with Crippen molar-refractivity contribution in [1.29, 1.82) is 0 Å². The minimum Gasteiger partial charge on any atom is -0.350 e. The Morgan fingerprint density at radius 2 is 1.97 bits per heavy atom. The fraction of sp³-hybridized carbons (Fsp3) is 0.407. The molecule has 1 aliphatic rings. The van der Waals surface area contributed by atoms with Crippen LogP contribution in [0.5, 0.6) is 0 Å². The number of amides is 1. The van der Waals surface area contributed by atoms with E-state index >= 15 is 0 Å². The Bertz CT molecular complexity index is 1100. The van der Waals surface area contributed by atoms with E-state index in [1.54, 1.807) is 6.08 Å². The van der Waals surface area contributed by atoms with Crippen LogP contribution in [0.4, 0.5) is 0 Å². The number of H-pyrrole nitrogens is 1. The summed E-state index contributed by atoms with van der Waals surface area (Å²) in [6, 6.07) is 14.6. The normalized spacial score (nSPS) is 16.5. The number of benzene rings is 2. The zero-order valence-corrected chi connectivity index (χ0v) is 20.0. The molecule has 1 aromatic heterocycles. The van der Waals surface area contributed by atoms with E-state index in [0.29, 0.717) is 6.61 Å². The zero-order valence-electron chi connectivity index (χ0n) is 20.0. The summed E-state index contributed by atoms with van der Waals surface area (Å²) in [6.45, 7) is 8.09. The van der Waals surface area contributed by atoms with E-state index in [-0.39, 0.29) is 12.2 Å². The van der Waals surface area contributed by atoms with E-state index in [9.17, 15) is 4.79 Å². The number of imidazole rings is 1. The standard InChI is InChI=1S/C27H34N4O3/c1-3-31(4-2)19-22-12-14-23-24(17-22)29-25(28-23)18-21-10-8-20(9-11-21)13-15-26(32)30-34-27-7-5-6-16-33-27/h8-15,17,27H,3-7,16,18-19H2,1-2H3,(H,28,29)(H,30,32)/b15-13+. The van der Waals surface area contributed by atoms with Gasteiger partial charge in [-0.25, -0.2) is 15.3 Å². The lowest BCUT2D eigenvalue weighted by Gasteiger charge is -2.21. The van der Waals surface area contributed by atoms with Crippen LogP contribution in [0.3, 0.4) is 0 Å². The van der Waals surface area contributed by atoms with Crippen molar-refractivity contribution in [3.8, 4) is 0 Å². The van der Waals surface area contributed by atoms with Gasteiger partial charge in [-0.2, -0.15) is 0 Å². The summed E-state index contributed by atoms with van der Waals surface area (Å²) < 4.78 is 5.43. The molecule has 0 bridgehead atoms. The number of ether oxygens (including phenoxy) is 1. The Morgan fingerprint density at radius 1 is 1.18 bits per heavy atom. The number of hydrogen-bond donors (Lipinski definition) is 2. The molecule has 1 fully saturated rings. The van der Waals surface area contributed by atoms with Gasteiger partial charge >= 0.3 is 0 Å². The van der Waals surface area contributed by atoms with Gasteiger partial charge in [-0.3, -0.25) is 9.69 Å². The van der Waals surface area contributed by atoms with E-state index in [0.717, 1.165) is 73.3 Å². The second-order valence-corrected chi connectivity index (χ2v) is 8.63. The fourth-order valence-corrected chi connectivity index (χ4v) is 4.07. The molecule has 1 unspecified atom stereocenters. The Morgan fingerprint density at radius 3 is 2.71 bits per heavy atom. The Balaban J connectivity index is 1.31. The zero-order chi connectivity index (χ0) is 23.8. The molecule has 0 saturated carbocycles. The van der Waals surface area contributed by atoms with Crippen LogP contribution in [0.15, 0.2) is 48.5 Å². The monoisotopic (exact) mass is 462 g/mol. The summed E-state index contributed by atoms with van der Waals surface area (Å²) in [6.07, 6.45) is 6.49. The summed E-state index contributed by atoms with van der Waals surface area (Å²) in [4.78, 5) is 27.9. The second kappa shape index (κ2) is 11.9. The van der Waals surface area contributed by atoms with Crippen LogP contribution < -0.4 is 5.48 Å². The van der Waals surface area contributed by atoms with Crippen LogP contribution in [0.2, 0.25) is 0 Å². The molecule has 0 spiro atoms. The predicted molar refractivity (Wildman–Crippen MR) is 134 cm³/mol. The number of aromatic nitrogens is 2. The van der Waals surface area contributed by atoms with Crippen LogP contribution in [-0.2, 0) is 27.3 Å². The summed E-state index contributed by atoms with van der Waals surface area (Å²) in [5, 5.41) is 0. The number of nitrogens with one attached hydrogen (secondary N) is 2. The topological polar surface area (TPSA) is 79.5 Å². The quantitative estimate of drug-likeness (QED) is 0.340. The first-order chi connectivity index (χ1) is 16.6. The lowest BCUT2D eigenvalue weighted by atomic mass is 10.1. The molecular formula is C27H34N4O3. The highest BCUT2D eigenvalue weighted by Gasteiger charge is 2.15. The van der Waals surface area contributed by atoms with Gasteiger partial charge in [-0.15, -0.1) is 0 Å². The molecule has 4 rings (SSSR count). The molecule has 1 amide bonds. The van der Waals surface area contributed by atoms with Gasteiger partial charge < -0.3 is 9.72 Å². The first-order valence-corrected chi connectivity index (χ1v) is 12.2. The molecule has 2 N–H and O–H groups in total. The number of nitrogens with zero attached hydrogens (tertiary/aromatic N) is 2. The predicted octanol–water partition coefficient (Wildman–Crippen LogP) is 4.58. The number of carbonyl (C=O) groups is 1. The van der Waals surface area contributed by atoms with Gasteiger partial charge in [0, 0.05) is 32.1 Å². The molecule has 34 heavy (non-hydrogen) atoms. The number of rotatable bonds is 10. The summed E-state index contributed by atoms with van der Waals surface area (Å²) in [5.41, 5.74) is 7.89. The molecule has 2 heterocycles. The number of fused-ring (bicyclic) bond motifs is 1. The van der Waals surface area contributed by atoms with Gasteiger partial charge in [0.25, 0.3) is 5.91 Å². The lowest BCUT2D eigenvalue weighted by Crippen LogP contribution is -2.32. The molecule has 7 nitrogen and oxygen atoms in total. The van der Waals surface area contributed by atoms with Crippen LogP contribution >= 0.6 is 0 Å². The first-order valence-electron chi connectivity index (χ1n) is 12.2. The largest absolute Gasteiger partial charge is 0.350 e. The van der Waals surface area contributed by atoms with Crippen molar-refractivity contribution in [2.45, 2.75) is 52.4 Å². The molecule has 1 atom stereocenters. The molecule has 180 valence electrons. The summed E-state index contributed by atoms with van der Waals surface area (Å²) >= 11 is 0. The number of aromatic amines is 1. The van der Waals surface area contributed by atoms with Crippen molar-refractivity contribution >= 4 is 23.0 Å². The number of carbonyl (C=O) groups excluding carboxylic acids is 1. The molecule has 1 aliphatic heterocycles. The SMILES string of the molecule is CCN(CC)Cc1ccc2nc(Cc3ccc(/C=C/C(=O)NOC4CCCCO4)cc3)[nH]c2c1. The van der Waals surface area contributed by atoms with E-state index in [4.69, 9.17) is 14.6 Å². The molecule has 0 aliphatic carbocycles. The molecule has 2 aromatic carbocycles. The van der Waals surface area contributed by atoms with Crippen molar-refractivity contribution < 1.29 is 14.4 Å². The second-order valence-electron chi connectivity index (χ2n) is 8.63. The van der Waals surface area contributed by atoms with Gasteiger partial charge in [-0.1, -0.05) is 44.2 Å². The fourth-order valence-electron chi connectivity index (χ4n) is 4.07. The third-order valence-electron chi connectivity index (χ3n) is 6.10. The van der Waals surface area contributed by atoms with Crippen LogP contribution in [0, 0.1) is 0 Å². The van der Waals surface area contributed by atoms with E-state index < -0.39 is 0 Å². The van der Waals surface area contributed by atoms with Crippen molar-refractivity contribution in [1.82, 2.24) is 20.3 Å². The summed E-state index contributed by atoms with van der Waals surface area (Å²) in [7, 11) is 0. The molecule has 1 saturated heterocycles. The van der Waals surface area contributed by atoms with Gasteiger partial charge in [0.1, 0.15) is 5.82 Å². The minimum atomic E-state index is -0.349. The van der Waals surface area contributed by atoms with E-state index in [2.05, 4.69) is 59.5 Å². The number of hydroxylamine groups is 1. The third-order valence-corrected chi connectivity index (χ3v) is 6.10. The van der Waals surface area contributed by atoms with Crippen LogP contribution in [0.1, 0.15) is 55.6 Å². The van der Waals surface area contributed by atoms with Crippen LogP contribution in [-0.4, -0.2) is 46.8 Å². The van der Waals surface area contributed by atoms with Crippen molar-refractivity contribution in [2.75, 3.05) is 19.7 Å². The van der Waals surface area contributed by atoms with E-state index in [1.807, 2.05) is 12.1 Å². The first kappa shape index (κ1) is 24.1. The minimum absolute atomic E-state index is 0.305. The highest BCUT2D eigenvalue weighted by atomic mass is 16.8. The van der Waals surface area contributed by atoms with Crippen molar-refractivity contribution in [3.05, 3.63) is 71.1 Å². The van der Waals surface area contributed by atoms with Gasteiger partial charge in [0.05, 0.1) is 11.0 Å². The maximum Gasteiger partial charge on any atom is 0.267 e. The smallest absolute Gasteiger partial charge is 0.267 e. The average molecular weight is 463 g/mol. The molecular weight excluding hydrogens is 428 g/mol. The Hall–Kier alpha value is -3.00. The summed E-state index contributed by atoms with van der Waals surface area (Å²) in [5.74, 6) is 0.639. The van der Waals surface area contributed by atoms with Gasteiger partial charge in [0.2, 0.25) is 0 Å². The van der Waals surface area contributed by atoms with Crippen LogP contribution in [0.25, 0.3) is 17.1 Å². The number of hydrogen-bond acceptors (Lipinski definition) is 5. The highest BCUT2D eigenvalue weighted by Crippen LogP contribution is 2.18. The lowest BCUT2D eigenvalue weighted by molar-refractivity contribution is -0.198. The Kier molecular flexibility index (Phi) is 8.46. The highest BCUT2D eigenvalue weighted by molar-refractivity contribution is 5.90. The van der Waals surface area contributed by atoms with Gasteiger partial charge in [-0.05, 0) is 60.8 Å². The molecule has 0 radical (unpaired) electrons. The third kappa shape index (κ3) is 6.76. The van der Waals surface area contributed by atoms with Gasteiger partial charge in [0.15, 0.2) is 6.29 Å². The van der Waals surface area contributed by atoms with Crippen molar-refractivity contribution in [2.24, 2.45) is 0 Å². The molecule has 3 aromatic rings.